The third kappa shape index (κ3) is 3.69. The molecule has 0 unspecified atom stereocenters. The van der Waals surface area contributed by atoms with Crippen molar-refractivity contribution in [2.45, 2.75) is 32.3 Å². The van der Waals surface area contributed by atoms with Crippen LogP contribution in [0.2, 0.25) is 0 Å². The number of nitrogens with zero attached hydrogens (tertiary/aromatic N) is 3. The molecule has 0 radical (unpaired) electrons. The van der Waals surface area contributed by atoms with Crippen molar-refractivity contribution < 1.29 is 19.2 Å². The highest BCUT2D eigenvalue weighted by Gasteiger charge is 2.16. The fraction of sp³-hybridized carbons (Fsp3) is 0.727. The van der Waals surface area contributed by atoms with E-state index in [9.17, 15) is 4.79 Å². The molecule has 0 spiro atoms. The third-order valence-corrected chi connectivity index (χ3v) is 2.80. The molecule has 1 saturated heterocycles. The van der Waals surface area contributed by atoms with Crippen LogP contribution in [-0.2, 0) is 16.1 Å². The Morgan fingerprint density at radius 3 is 2.72 bits per heavy atom. The molecule has 2 heterocycles. The Balaban J connectivity index is 1.86. The predicted molar refractivity (Wildman–Crippen MR) is 62.3 cm³/mol. The summed E-state index contributed by atoms with van der Waals surface area (Å²) in [5.74, 6) is -0.122. The van der Waals surface area contributed by atoms with E-state index >= 15 is 0 Å². The summed E-state index contributed by atoms with van der Waals surface area (Å²) in [7, 11) is 0. The van der Waals surface area contributed by atoms with Crippen LogP contribution in [0.5, 0.6) is 0 Å². The van der Waals surface area contributed by atoms with Crippen molar-refractivity contribution in [3.8, 4) is 0 Å². The minimum absolute atomic E-state index is 0.0349. The normalized spacial score (nSPS) is 16.6. The number of carbonyl (C=O) groups is 1. The minimum Gasteiger partial charge on any atom is -0.480 e. The molecular formula is C11H17N3O4. The average molecular weight is 255 g/mol. The highest BCUT2D eigenvalue weighted by molar-refractivity contribution is 5.67. The van der Waals surface area contributed by atoms with E-state index < -0.39 is 5.97 Å². The molecule has 2 rings (SSSR count). The highest BCUT2D eigenvalue weighted by Crippen LogP contribution is 2.16. The van der Waals surface area contributed by atoms with Crippen LogP contribution in [0, 0.1) is 0 Å². The molecule has 0 atom stereocenters. The predicted octanol–water partition coefficient (Wildman–Crippen LogP) is 1.05. The largest absolute Gasteiger partial charge is 0.480 e. The van der Waals surface area contributed by atoms with E-state index in [1.807, 2.05) is 0 Å². The fourth-order valence-corrected chi connectivity index (χ4v) is 1.93. The van der Waals surface area contributed by atoms with Crippen molar-refractivity contribution in [2.75, 3.05) is 24.6 Å². The fourth-order valence-electron chi connectivity index (χ4n) is 1.93. The van der Waals surface area contributed by atoms with Crippen molar-refractivity contribution in [2.24, 2.45) is 0 Å². The number of carboxylic acid groups (broad SMARTS) is 1. The standard InChI is InChI=1S/C11H17N3O4/c15-10(16)8-17-7-9-12-11(13-18-9)14-5-3-1-2-4-6-14/h1-8H2,(H,15,16). The van der Waals surface area contributed by atoms with E-state index in [0.29, 0.717) is 11.8 Å². The molecule has 7 nitrogen and oxygen atoms in total. The Kier molecular flexibility index (Phi) is 4.52. The van der Waals surface area contributed by atoms with E-state index in [1.165, 1.54) is 12.8 Å². The van der Waals surface area contributed by atoms with Gasteiger partial charge in [-0.2, -0.15) is 4.98 Å². The first kappa shape index (κ1) is 12.8. The number of aromatic nitrogens is 2. The van der Waals surface area contributed by atoms with Gasteiger partial charge >= 0.3 is 5.97 Å². The zero-order valence-electron chi connectivity index (χ0n) is 10.2. The van der Waals surface area contributed by atoms with E-state index in [1.54, 1.807) is 0 Å². The smallest absolute Gasteiger partial charge is 0.329 e. The van der Waals surface area contributed by atoms with Crippen LogP contribution in [0.25, 0.3) is 0 Å². The van der Waals surface area contributed by atoms with Gasteiger partial charge in [-0.3, -0.25) is 0 Å². The lowest BCUT2D eigenvalue weighted by atomic mass is 10.2. The van der Waals surface area contributed by atoms with E-state index in [4.69, 9.17) is 14.4 Å². The van der Waals surface area contributed by atoms with Crippen LogP contribution in [0.1, 0.15) is 31.6 Å². The summed E-state index contributed by atoms with van der Waals surface area (Å²) in [5.41, 5.74) is 0. The third-order valence-electron chi connectivity index (χ3n) is 2.80. The number of rotatable bonds is 5. The zero-order valence-corrected chi connectivity index (χ0v) is 10.2. The second-order valence-corrected chi connectivity index (χ2v) is 4.28. The van der Waals surface area contributed by atoms with Gasteiger partial charge in [-0.1, -0.05) is 12.8 Å². The van der Waals surface area contributed by atoms with Gasteiger partial charge in [-0.05, 0) is 18.0 Å². The van der Waals surface area contributed by atoms with Gasteiger partial charge in [0.1, 0.15) is 13.2 Å². The molecule has 1 aromatic rings. The number of hydrogen-bond donors (Lipinski definition) is 1. The molecule has 0 bridgehead atoms. The first-order valence-electron chi connectivity index (χ1n) is 6.13. The zero-order chi connectivity index (χ0) is 12.8. The number of aliphatic carboxylic acids is 1. The summed E-state index contributed by atoms with van der Waals surface area (Å²) in [6, 6.07) is 0. The summed E-state index contributed by atoms with van der Waals surface area (Å²) >= 11 is 0. The highest BCUT2D eigenvalue weighted by atomic mass is 16.5. The molecule has 1 aliphatic rings. The summed E-state index contributed by atoms with van der Waals surface area (Å²) in [6.45, 7) is 1.55. The molecule has 1 N–H and O–H groups in total. The van der Waals surface area contributed by atoms with Gasteiger partial charge in [0.15, 0.2) is 0 Å². The number of ether oxygens (including phenoxy) is 1. The van der Waals surface area contributed by atoms with Crippen LogP contribution < -0.4 is 4.90 Å². The van der Waals surface area contributed by atoms with Crippen molar-refractivity contribution >= 4 is 11.9 Å². The molecule has 1 aliphatic heterocycles. The molecule has 0 aromatic carbocycles. The number of hydrogen-bond acceptors (Lipinski definition) is 6. The SMILES string of the molecule is O=C(O)COCc1nc(N2CCCCCC2)no1. The number of carboxylic acids is 1. The van der Waals surface area contributed by atoms with Crippen molar-refractivity contribution in [3.05, 3.63) is 5.89 Å². The van der Waals surface area contributed by atoms with Gasteiger partial charge in [-0.15, -0.1) is 0 Å². The molecule has 0 saturated carbocycles. The summed E-state index contributed by atoms with van der Waals surface area (Å²) in [4.78, 5) is 16.6. The van der Waals surface area contributed by atoms with Gasteiger partial charge in [0.2, 0.25) is 0 Å². The molecular weight excluding hydrogens is 238 g/mol. The van der Waals surface area contributed by atoms with Gasteiger partial charge < -0.3 is 19.3 Å². The lowest BCUT2D eigenvalue weighted by Gasteiger charge is -2.16. The van der Waals surface area contributed by atoms with Crippen LogP contribution >= 0.6 is 0 Å². The van der Waals surface area contributed by atoms with E-state index in [2.05, 4.69) is 15.0 Å². The quantitative estimate of drug-likeness (QED) is 0.841. The molecule has 1 aromatic heterocycles. The summed E-state index contributed by atoms with van der Waals surface area (Å²) in [6.07, 6.45) is 4.75. The van der Waals surface area contributed by atoms with Crippen LogP contribution in [0.3, 0.4) is 0 Å². The van der Waals surface area contributed by atoms with Crippen molar-refractivity contribution in [1.82, 2.24) is 10.1 Å². The Morgan fingerprint density at radius 1 is 1.33 bits per heavy atom. The first-order chi connectivity index (χ1) is 8.75. The van der Waals surface area contributed by atoms with E-state index in [0.717, 1.165) is 25.9 Å². The van der Waals surface area contributed by atoms with Gasteiger partial charge in [-0.25, -0.2) is 4.79 Å². The first-order valence-corrected chi connectivity index (χ1v) is 6.13. The Hall–Kier alpha value is -1.63. The maximum Gasteiger partial charge on any atom is 0.329 e. The van der Waals surface area contributed by atoms with Gasteiger partial charge in [0.25, 0.3) is 11.8 Å². The Bertz CT molecular complexity index is 385. The average Bonchev–Trinajstić information content (AvgIpc) is 2.63. The lowest BCUT2D eigenvalue weighted by molar-refractivity contribution is -0.142. The number of anilines is 1. The Morgan fingerprint density at radius 2 is 2.06 bits per heavy atom. The van der Waals surface area contributed by atoms with Gasteiger partial charge in [0.05, 0.1) is 0 Å². The lowest BCUT2D eigenvalue weighted by Crippen LogP contribution is -2.25. The Labute approximate surface area is 105 Å². The van der Waals surface area contributed by atoms with Gasteiger partial charge in [0, 0.05) is 13.1 Å². The molecule has 7 heteroatoms. The van der Waals surface area contributed by atoms with Crippen molar-refractivity contribution in [1.29, 1.82) is 0 Å². The summed E-state index contributed by atoms with van der Waals surface area (Å²) in [5, 5.41) is 12.3. The minimum atomic E-state index is -1.01. The summed E-state index contributed by atoms with van der Waals surface area (Å²) < 4.78 is 9.91. The molecule has 1 fully saturated rings. The molecule has 0 aliphatic carbocycles. The maximum atomic E-state index is 10.3. The van der Waals surface area contributed by atoms with Crippen LogP contribution in [0.15, 0.2) is 4.52 Å². The second kappa shape index (κ2) is 6.34. The van der Waals surface area contributed by atoms with Crippen molar-refractivity contribution in [3.63, 3.8) is 0 Å². The molecule has 0 amide bonds. The van der Waals surface area contributed by atoms with Crippen LogP contribution in [-0.4, -0.2) is 40.9 Å². The monoisotopic (exact) mass is 255 g/mol. The maximum absolute atomic E-state index is 10.3. The van der Waals surface area contributed by atoms with E-state index in [-0.39, 0.29) is 13.2 Å². The van der Waals surface area contributed by atoms with Crippen LogP contribution in [0.4, 0.5) is 5.95 Å². The molecule has 18 heavy (non-hydrogen) atoms. The second-order valence-electron chi connectivity index (χ2n) is 4.28. The molecule has 100 valence electrons. The topological polar surface area (TPSA) is 88.7 Å².